The number of aromatic hydroxyl groups is 3. The number of phenols is 3. The maximum absolute atomic E-state index is 10.3. The quantitative estimate of drug-likeness (QED) is 0.446. The molecule has 0 heterocycles. The van der Waals surface area contributed by atoms with Crippen LogP contribution in [0.5, 0.6) is 17.2 Å². The molecule has 0 spiro atoms. The number of phenolic OH excluding ortho intramolecular Hbond substituents is 3. The summed E-state index contributed by atoms with van der Waals surface area (Å²) in [5.74, 6) is 1.45. The number of rotatable bonds is 3. The molecule has 0 saturated heterocycles. The van der Waals surface area contributed by atoms with Gasteiger partial charge in [0, 0.05) is 5.41 Å². The van der Waals surface area contributed by atoms with Crippen molar-refractivity contribution < 1.29 is 15.3 Å². The van der Waals surface area contributed by atoms with Crippen molar-refractivity contribution in [3.8, 4) is 17.2 Å². The van der Waals surface area contributed by atoms with Crippen LogP contribution in [0.3, 0.4) is 0 Å². The molecule has 162 valence electrons. The minimum absolute atomic E-state index is 0.154. The zero-order chi connectivity index (χ0) is 22.3. The summed E-state index contributed by atoms with van der Waals surface area (Å²) in [7, 11) is 0. The van der Waals surface area contributed by atoms with Gasteiger partial charge in [-0.25, -0.2) is 0 Å². The summed E-state index contributed by atoms with van der Waals surface area (Å²) in [5.41, 5.74) is 7.69. The van der Waals surface area contributed by atoms with Crippen LogP contribution in [0, 0.1) is 27.7 Å². The lowest BCUT2D eigenvalue weighted by Gasteiger charge is -2.43. The van der Waals surface area contributed by atoms with E-state index < -0.39 is 0 Å². The largest absolute Gasteiger partial charge is 0.508 e. The molecule has 0 aromatic heterocycles. The highest BCUT2D eigenvalue weighted by Crippen LogP contribution is 2.52. The normalized spacial score (nSPS) is 16.4. The molecule has 1 aliphatic rings. The van der Waals surface area contributed by atoms with Crippen LogP contribution in [0.15, 0.2) is 48.5 Å². The van der Waals surface area contributed by atoms with Gasteiger partial charge < -0.3 is 15.3 Å². The molecule has 3 nitrogen and oxygen atoms in total. The SMILES string of the molecule is Cc1cc(C2(c3cc(C)c(O)cc3C)CCC(c3ccc(O)cc3)CC2)c(C)cc1O. The fourth-order valence-electron chi connectivity index (χ4n) is 5.51. The van der Waals surface area contributed by atoms with Crippen molar-refractivity contribution in [2.45, 2.75) is 64.7 Å². The maximum Gasteiger partial charge on any atom is 0.118 e. The van der Waals surface area contributed by atoms with E-state index in [-0.39, 0.29) is 5.41 Å². The zero-order valence-corrected chi connectivity index (χ0v) is 18.9. The lowest BCUT2D eigenvalue weighted by molar-refractivity contribution is 0.312. The number of hydrogen-bond donors (Lipinski definition) is 3. The second-order valence-electron chi connectivity index (χ2n) is 9.36. The highest BCUT2D eigenvalue weighted by Gasteiger charge is 2.41. The fourth-order valence-corrected chi connectivity index (χ4v) is 5.51. The van der Waals surface area contributed by atoms with Gasteiger partial charge in [-0.2, -0.15) is 0 Å². The highest BCUT2D eigenvalue weighted by molar-refractivity contribution is 5.54. The summed E-state index contributed by atoms with van der Waals surface area (Å²) in [6.45, 7) is 8.10. The van der Waals surface area contributed by atoms with Crippen molar-refractivity contribution in [2.24, 2.45) is 0 Å². The molecule has 3 aromatic carbocycles. The van der Waals surface area contributed by atoms with Crippen LogP contribution >= 0.6 is 0 Å². The smallest absolute Gasteiger partial charge is 0.118 e. The first-order valence-electron chi connectivity index (χ1n) is 11.1. The molecule has 0 radical (unpaired) electrons. The lowest BCUT2D eigenvalue weighted by Crippen LogP contribution is -2.34. The Bertz CT molecular complexity index is 1040. The van der Waals surface area contributed by atoms with Crippen molar-refractivity contribution in [2.75, 3.05) is 0 Å². The van der Waals surface area contributed by atoms with E-state index in [1.165, 1.54) is 16.7 Å². The molecule has 0 amide bonds. The van der Waals surface area contributed by atoms with Crippen molar-refractivity contribution in [1.29, 1.82) is 0 Å². The van der Waals surface area contributed by atoms with Crippen LogP contribution in [-0.4, -0.2) is 15.3 Å². The van der Waals surface area contributed by atoms with Crippen LogP contribution in [0.2, 0.25) is 0 Å². The average molecular weight is 417 g/mol. The first-order chi connectivity index (χ1) is 14.7. The van der Waals surface area contributed by atoms with Crippen molar-refractivity contribution in [3.05, 3.63) is 87.5 Å². The maximum atomic E-state index is 10.3. The Balaban J connectivity index is 1.81. The first-order valence-corrected chi connectivity index (χ1v) is 11.1. The van der Waals surface area contributed by atoms with E-state index in [9.17, 15) is 15.3 Å². The third-order valence-electron chi connectivity index (χ3n) is 7.32. The first kappa shape index (κ1) is 21.3. The van der Waals surface area contributed by atoms with Gasteiger partial charge in [-0.1, -0.05) is 24.3 Å². The summed E-state index contributed by atoms with van der Waals surface area (Å²) in [5, 5.41) is 30.2. The number of benzene rings is 3. The molecule has 1 saturated carbocycles. The summed E-state index contributed by atoms with van der Waals surface area (Å²) in [6, 6.07) is 15.7. The third kappa shape index (κ3) is 3.78. The Hall–Kier alpha value is -2.94. The van der Waals surface area contributed by atoms with Crippen LogP contribution in [0.4, 0.5) is 0 Å². The van der Waals surface area contributed by atoms with Crippen molar-refractivity contribution in [1.82, 2.24) is 0 Å². The number of hydrogen-bond acceptors (Lipinski definition) is 3. The molecule has 4 rings (SSSR count). The fraction of sp³-hybridized carbons (Fsp3) is 0.357. The minimum Gasteiger partial charge on any atom is -0.508 e. The lowest BCUT2D eigenvalue weighted by atomic mass is 9.60. The molecule has 0 bridgehead atoms. The van der Waals surface area contributed by atoms with Gasteiger partial charge in [0.15, 0.2) is 0 Å². The van der Waals surface area contributed by atoms with Crippen LogP contribution in [-0.2, 0) is 5.41 Å². The molecule has 1 aliphatic carbocycles. The summed E-state index contributed by atoms with van der Waals surface area (Å²) < 4.78 is 0. The van der Waals surface area contributed by atoms with E-state index in [4.69, 9.17) is 0 Å². The number of aryl methyl sites for hydroxylation is 4. The van der Waals surface area contributed by atoms with Crippen molar-refractivity contribution in [3.63, 3.8) is 0 Å². The molecular formula is C28H32O3. The van der Waals surface area contributed by atoms with Gasteiger partial charge in [0.25, 0.3) is 0 Å². The Morgan fingerprint density at radius 1 is 0.645 bits per heavy atom. The van der Waals surface area contributed by atoms with E-state index >= 15 is 0 Å². The van der Waals surface area contributed by atoms with Gasteiger partial charge in [0.1, 0.15) is 17.2 Å². The molecule has 31 heavy (non-hydrogen) atoms. The second kappa shape index (κ2) is 7.96. The van der Waals surface area contributed by atoms with Gasteiger partial charge in [-0.05, 0) is 123 Å². The molecule has 0 atom stereocenters. The minimum atomic E-state index is -0.154. The standard InChI is InChI=1S/C28H32O3/c1-17-15-26(30)19(3)13-24(17)28(25-14-20(4)27(31)16-18(25)2)11-9-22(10-12-28)21-5-7-23(29)8-6-21/h5-8,13-16,22,29-31H,9-12H2,1-4H3. The average Bonchev–Trinajstić information content (AvgIpc) is 2.74. The molecule has 0 aliphatic heterocycles. The van der Waals surface area contributed by atoms with Crippen molar-refractivity contribution >= 4 is 0 Å². The topological polar surface area (TPSA) is 60.7 Å². The van der Waals surface area contributed by atoms with Gasteiger partial charge >= 0.3 is 0 Å². The Kier molecular flexibility index (Phi) is 5.47. The Morgan fingerprint density at radius 3 is 1.55 bits per heavy atom. The Morgan fingerprint density at radius 2 is 1.10 bits per heavy atom. The second-order valence-corrected chi connectivity index (χ2v) is 9.36. The highest BCUT2D eigenvalue weighted by atomic mass is 16.3. The zero-order valence-electron chi connectivity index (χ0n) is 18.9. The predicted molar refractivity (Wildman–Crippen MR) is 125 cm³/mol. The van der Waals surface area contributed by atoms with E-state index in [0.29, 0.717) is 23.2 Å². The third-order valence-corrected chi connectivity index (χ3v) is 7.32. The molecular weight excluding hydrogens is 384 g/mol. The summed E-state index contributed by atoms with van der Waals surface area (Å²) in [6.07, 6.45) is 4.08. The van der Waals surface area contributed by atoms with E-state index in [0.717, 1.165) is 47.9 Å². The van der Waals surface area contributed by atoms with Crippen LogP contribution in [0.25, 0.3) is 0 Å². The Labute approximate surface area is 185 Å². The molecule has 3 aromatic rings. The van der Waals surface area contributed by atoms with Gasteiger partial charge in [-0.3, -0.25) is 0 Å². The summed E-state index contributed by atoms with van der Waals surface area (Å²) >= 11 is 0. The molecule has 3 heteroatoms. The van der Waals surface area contributed by atoms with Crippen LogP contribution < -0.4 is 0 Å². The molecule has 0 unspecified atom stereocenters. The van der Waals surface area contributed by atoms with E-state index in [1.54, 1.807) is 12.1 Å². The molecule has 3 N–H and O–H groups in total. The van der Waals surface area contributed by atoms with Gasteiger partial charge in [0.2, 0.25) is 0 Å². The summed E-state index contributed by atoms with van der Waals surface area (Å²) in [4.78, 5) is 0. The predicted octanol–water partition coefficient (Wildman–Crippen LogP) is 6.68. The monoisotopic (exact) mass is 416 g/mol. The van der Waals surface area contributed by atoms with Gasteiger partial charge in [-0.15, -0.1) is 0 Å². The molecule has 1 fully saturated rings. The van der Waals surface area contributed by atoms with Crippen LogP contribution in [0.1, 0.15) is 70.5 Å². The van der Waals surface area contributed by atoms with E-state index in [1.807, 2.05) is 38.1 Å². The van der Waals surface area contributed by atoms with Gasteiger partial charge in [0.05, 0.1) is 0 Å². The van der Waals surface area contributed by atoms with E-state index in [2.05, 4.69) is 26.0 Å².